The second-order valence-electron chi connectivity index (χ2n) is 5.82. The van der Waals surface area contributed by atoms with Gasteiger partial charge in [0.2, 0.25) is 0 Å². The maximum absolute atomic E-state index is 6.03. The van der Waals surface area contributed by atoms with Crippen molar-refractivity contribution in [3.63, 3.8) is 0 Å². The molecule has 88 valence electrons. The maximum Gasteiger partial charge on any atom is 0.00414 e. The second-order valence-corrected chi connectivity index (χ2v) is 5.82. The van der Waals surface area contributed by atoms with Crippen molar-refractivity contribution in [2.75, 3.05) is 0 Å². The molecule has 2 rings (SSSR count). The first-order valence-electron chi connectivity index (χ1n) is 6.75. The summed E-state index contributed by atoms with van der Waals surface area (Å²) in [7, 11) is 0. The summed E-state index contributed by atoms with van der Waals surface area (Å²) in [5.41, 5.74) is 12.1. The van der Waals surface area contributed by atoms with Gasteiger partial charge in [-0.05, 0) is 43.9 Å². The molecule has 0 aromatic rings. The summed E-state index contributed by atoms with van der Waals surface area (Å²) in [6, 6.07) is 0.974. The number of hydrogen-bond donors (Lipinski definition) is 2. The lowest BCUT2D eigenvalue weighted by Crippen LogP contribution is -2.32. The van der Waals surface area contributed by atoms with E-state index in [4.69, 9.17) is 11.5 Å². The highest BCUT2D eigenvalue weighted by atomic mass is 14.6. The Kier molecular flexibility index (Phi) is 4.04. The van der Waals surface area contributed by atoms with E-state index in [1.807, 2.05) is 0 Å². The Morgan fingerprint density at radius 2 is 1.20 bits per heavy atom. The van der Waals surface area contributed by atoms with Crippen LogP contribution in [0.2, 0.25) is 0 Å². The molecule has 2 heteroatoms. The smallest absolute Gasteiger partial charge is 0.00414 e. The molecule has 0 amide bonds. The van der Waals surface area contributed by atoms with E-state index in [1.165, 1.54) is 57.8 Å². The highest BCUT2D eigenvalue weighted by molar-refractivity contribution is 4.81. The first-order valence-corrected chi connectivity index (χ1v) is 6.75. The Balaban J connectivity index is 1.75. The number of rotatable bonds is 2. The van der Waals surface area contributed by atoms with Crippen molar-refractivity contribution in [3.8, 4) is 0 Å². The number of hydrogen-bond acceptors (Lipinski definition) is 2. The molecule has 0 spiro atoms. The first-order chi connectivity index (χ1) is 7.24. The molecule has 0 aliphatic heterocycles. The molecule has 2 aliphatic rings. The average Bonchev–Trinajstić information content (AvgIpc) is 2.17. The maximum atomic E-state index is 6.03. The zero-order chi connectivity index (χ0) is 10.7. The molecule has 15 heavy (non-hydrogen) atoms. The van der Waals surface area contributed by atoms with Crippen LogP contribution in [0, 0.1) is 11.8 Å². The van der Waals surface area contributed by atoms with Crippen molar-refractivity contribution in [3.05, 3.63) is 0 Å². The van der Waals surface area contributed by atoms with E-state index in [2.05, 4.69) is 0 Å². The predicted octanol–water partition coefficient (Wildman–Crippen LogP) is 2.41. The van der Waals surface area contributed by atoms with Gasteiger partial charge in [0, 0.05) is 12.1 Å². The van der Waals surface area contributed by atoms with Crippen molar-refractivity contribution in [2.45, 2.75) is 69.9 Å². The molecular formula is C13H26N2. The summed E-state index contributed by atoms with van der Waals surface area (Å²) in [5, 5.41) is 0. The van der Waals surface area contributed by atoms with Crippen molar-refractivity contribution >= 4 is 0 Å². The molecule has 4 N–H and O–H groups in total. The van der Waals surface area contributed by atoms with Crippen LogP contribution in [0.3, 0.4) is 0 Å². The molecule has 4 atom stereocenters. The fourth-order valence-electron chi connectivity index (χ4n) is 3.56. The van der Waals surface area contributed by atoms with Gasteiger partial charge in [-0.1, -0.05) is 25.7 Å². The van der Waals surface area contributed by atoms with Crippen molar-refractivity contribution in [2.24, 2.45) is 23.3 Å². The molecule has 0 unspecified atom stereocenters. The van der Waals surface area contributed by atoms with Gasteiger partial charge in [-0.3, -0.25) is 0 Å². The van der Waals surface area contributed by atoms with Gasteiger partial charge in [0.15, 0.2) is 0 Å². The fourth-order valence-corrected chi connectivity index (χ4v) is 3.56. The molecule has 0 heterocycles. The Morgan fingerprint density at radius 1 is 0.733 bits per heavy atom. The Hall–Kier alpha value is -0.0800. The van der Waals surface area contributed by atoms with Gasteiger partial charge in [0.05, 0.1) is 0 Å². The molecule has 2 fully saturated rings. The van der Waals surface area contributed by atoms with Crippen LogP contribution in [-0.4, -0.2) is 12.1 Å². The van der Waals surface area contributed by atoms with Crippen molar-refractivity contribution in [1.29, 1.82) is 0 Å². The highest BCUT2D eigenvalue weighted by Gasteiger charge is 2.25. The molecule has 0 saturated heterocycles. The molecule has 2 nitrogen and oxygen atoms in total. The summed E-state index contributed by atoms with van der Waals surface area (Å²) in [5.74, 6) is 1.81. The first kappa shape index (κ1) is 11.4. The largest absolute Gasteiger partial charge is 0.328 e. The lowest BCUT2D eigenvalue weighted by molar-refractivity contribution is 0.221. The van der Waals surface area contributed by atoms with E-state index in [1.54, 1.807) is 0 Å². The molecule has 2 saturated carbocycles. The van der Waals surface area contributed by atoms with E-state index in [0.717, 1.165) is 11.8 Å². The fraction of sp³-hybridized carbons (Fsp3) is 1.00. The normalized spacial score (nSPS) is 42.8. The van der Waals surface area contributed by atoms with Gasteiger partial charge < -0.3 is 11.5 Å². The molecule has 0 aromatic carbocycles. The SMILES string of the molecule is N[C@H]1CCC[C@@H](C[C@H]2CCC[C@H](N)C2)C1. The van der Waals surface area contributed by atoms with Gasteiger partial charge in [-0.15, -0.1) is 0 Å². The van der Waals surface area contributed by atoms with Crippen LogP contribution in [-0.2, 0) is 0 Å². The van der Waals surface area contributed by atoms with Crippen molar-refractivity contribution in [1.82, 2.24) is 0 Å². The third-order valence-corrected chi connectivity index (χ3v) is 4.31. The third-order valence-electron chi connectivity index (χ3n) is 4.31. The van der Waals surface area contributed by atoms with E-state index < -0.39 is 0 Å². The minimum Gasteiger partial charge on any atom is -0.328 e. The van der Waals surface area contributed by atoms with Crippen LogP contribution in [0.5, 0.6) is 0 Å². The lowest BCUT2D eigenvalue weighted by Gasteiger charge is -2.33. The van der Waals surface area contributed by atoms with E-state index >= 15 is 0 Å². The van der Waals surface area contributed by atoms with E-state index in [0.29, 0.717) is 12.1 Å². The molecule has 0 bridgehead atoms. The van der Waals surface area contributed by atoms with Crippen LogP contribution in [0.1, 0.15) is 57.8 Å². The van der Waals surface area contributed by atoms with Gasteiger partial charge in [0.1, 0.15) is 0 Å². The summed E-state index contributed by atoms with van der Waals surface area (Å²) in [6.45, 7) is 0. The Morgan fingerprint density at radius 3 is 1.60 bits per heavy atom. The standard InChI is InChI=1S/C13H26N2/c14-12-5-1-3-10(8-12)7-11-4-2-6-13(15)9-11/h10-13H,1-9,14-15H2/t10-,11+,12-,13-/m0/s1. The molecule has 2 aliphatic carbocycles. The van der Waals surface area contributed by atoms with Crippen LogP contribution >= 0.6 is 0 Å². The molecule has 0 aromatic heterocycles. The minimum atomic E-state index is 0.487. The minimum absolute atomic E-state index is 0.487. The summed E-state index contributed by atoms with van der Waals surface area (Å²) in [6.07, 6.45) is 12.0. The topological polar surface area (TPSA) is 52.0 Å². The van der Waals surface area contributed by atoms with Crippen LogP contribution in [0.15, 0.2) is 0 Å². The van der Waals surface area contributed by atoms with Gasteiger partial charge >= 0.3 is 0 Å². The van der Waals surface area contributed by atoms with Crippen LogP contribution in [0.25, 0.3) is 0 Å². The highest BCUT2D eigenvalue weighted by Crippen LogP contribution is 2.34. The lowest BCUT2D eigenvalue weighted by atomic mass is 9.75. The zero-order valence-corrected chi connectivity index (χ0v) is 9.83. The van der Waals surface area contributed by atoms with Crippen LogP contribution < -0.4 is 11.5 Å². The molecule has 0 radical (unpaired) electrons. The second kappa shape index (κ2) is 5.31. The monoisotopic (exact) mass is 210 g/mol. The Labute approximate surface area is 93.8 Å². The average molecular weight is 210 g/mol. The van der Waals surface area contributed by atoms with Gasteiger partial charge in [-0.2, -0.15) is 0 Å². The third kappa shape index (κ3) is 3.46. The summed E-state index contributed by atoms with van der Waals surface area (Å²) < 4.78 is 0. The van der Waals surface area contributed by atoms with E-state index in [-0.39, 0.29) is 0 Å². The summed E-state index contributed by atoms with van der Waals surface area (Å²) >= 11 is 0. The van der Waals surface area contributed by atoms with Crippen molar-refractivity contribution < 1.29 is 0 Å². The van der Waals surface area contributed by atoms with Gasteiger partial charge in [-0.25, -0.2) is 0 Å². The van der Waals surface area contributed by atoms with Crippen LogP contribution in [0.4, 0.5) is 0 Å². The Bertz CT molecular complexity index is 173. The quantitative estimate of drug-likeness (QED) is 0.735. The van der Waals surface area contributed by atoms with Gasteiger partial charge in [0.25, 0.3) is 0 Å². The molecular weight excluding hydrogens is 184 g/mol. The predicted molar refractivity (Wildman–Crippen MR) is 64.5 cm³/mol. The van der Waals surface area contributed by atoms with E-state index in [9.17, 15) is 0 Å². The summed E-state index contributed by atoms with van der Waals surface area (Å²) in [4.78, 5) is 0. The zero-order valence-electron chi connectivity index (χ0n) is 9.83. The number of nitrogens with two attached hydrogens (primary N) is 2.